The number of aliphatic carboxylic acids is 1. The minimum absolute atomic E-state index is 0.0215. The van der Waals surface area contributed by atoms with E-state index in [0.717, 1.165) is 12.8 Å². The second-order valence-electron chi connectivity index (χ2n) is 6.95. The molecule has 0 unspecified atom stereocenters. The van der Waals surface area contributed by atoms with Crippen molar-refractivity contribution in [3.8, 4) is 0 Å². The van der Waals surface area contributed by atoms with Crippen LogP contribution < -0.4 is 0 Å². The predicted octanol–water partition coefficient (Wildman–Crippen LogP) is 2.56. The van der Waals surface area contributed by atoms with Gasteiger partial charge in [0.2, 0.25) is 0 Å². The van der Waals surface area contributed by atoms with Gasteiger partial charge in [-0.3, -0.25) is 4.79 Å². The zero-order chi connectivity index (χ0) is 19.4. The molecule has 0 amide bonds. The molecule has 1 fully saturated rings. The number of aliphatic hydroxyl groups is 3. The maximum Gasteiger partial charge on any atom is 0.303 e. The molecule has 0 aliphatic carbocycles. The highest BCUT2D eigenvalue weighted by Gasteiger charge is 2.35. The fraction of sp³-hybridized carbons (Fsp3) is 0.750. The van der Waals surface area contributed by atoms with Crippen molar-refractivity contribution in [1.82, 2.24) is 0 Å². The van der Waals surface area contributed by atoms with Gasteiger partial charge in [-0.15, -0.1) is 0 Å². The van der Waals surface area contributed by atoms with Crippen LogP contribution in [0.1, 0.15) is 64.7 Å². The summed E-state index contributed by atoms with van der Waals surface area (Å²) in [6.07, 6.45) is 10.2. The van der Waals surface area contributed by atoms with Crippen LogP contribution in [-0.4, -0.2) is 56.9 Å². The normalized spacial score (nSPS) is 25.9. The van der Waals surface area contributed by atoms with Crippen molar-refractivity contribution in [2.24, 2.45) is 0 Å². The monoisotopic (exact) mass is 370 g/mol. The first-order valence-electron chi connectivity index (χ1n) is 9.68. The minimum Gasteiger partial charge on any atom is -0.481 e. The van der Waals surface area contributed by atoms with Crippen LogP contribution in [0.25, 0.3) is 0 Å². The molecule has 0 radical (unpaired) electrons. The number of aliphatic hydroxyl groups excluding tert-OH is 3. The Morgan fingerprint density at radius 1 is 1.23 bits per heavy atom. The van der Waals surface area contributed by atoms with Gasteiger partial charge in [0.05, 0.1) is 24.4 Å². The van der Waals surface area contributed by atoms with Crippen molar-refractivity contribution in [3.63, 3.8) is 0 Å². The third kappa shape index (κ3) is 9.48. The molecular formula is C20H34O6. The largest absolute Gasteiger partial charge is 0.481 e. The standard InChI is InChI=1S/C20H34O6/c1-2-3-4-5-6-7-10-16(22)19-14-17(23)18(26-19)13-12-15(21)9-8-11-20(24)25/h6-7,12-13,15-19,21-23H,2-5,8-11,14H2,1H3,(H,24,25)/b7-6-,13-12+/t15-,16+,17+,18-,19-/m0/s1. The van der Waals surface area contributed by atoms with Crippen LogP contribution in [-0.2, 0) is 9.53 Å². The third-order valence-electron chi connectivity index (χ3n) is 4.55. The number of allylic oxidation sites excluding steroid dienone is 1. The highest BCUT2D eigenvalue weighted by Crippen LogP contribution is 2.25. The number of ether oxygens (including phenoxy) is 1. The smallest absolute Gasteiger partial charge is 0.303 e. The highest BCUT2D eigenvalue weighted by atomic mass is 16.5. The quantitative estimate of drug-likeness (QED) is 0.293. The summed E-state index contributed by atoms with van der Waals surface area (Å²) in [6, 6.07) is 0. The Hall–Kier alpha value is -1.21. The summed E-state index contributed by atoms with van der Waals surface area (Å²) < 4.78 is 5.70. The van der Waals surface area contributed by atoms with Crippen LogP contribution >= 0.6 is 0 Å². The van der Waals surface area contributed by atoms with Gasteiger partial charge in [-0.2, -0.15) is 0 Å². The molecular weight excluding hydrogens is 336 g/mol. The highest BCUT2D eigenvalue weighted by molar-refractivity contribution is 5.66. The van der Waals surface area contributed by atoms with Crippen LogP contribution in [0.4, 0.5) is 0 Å². The van der Waals surface area contributed by atoms with E-state index in [0.29, 0.717) is 25.7 Å². The molecule has 1 aliphatic heterocycles. The Morgan fingerprint density at radius 3 is 2.69 bits per heavy atom. The van der Waals surface area contributed by atoms with Gasteiger partial charge < -0.3 is 25.2 Å². The summed E-state index contributed by atoms with van der Waals surface area (Å²) in [5.74, 6) is -0.882. The molecule has 1 saturated heterocycles. The molecule has 6 heteroatoms. The van der Waals surface area contributed by atoms with Gasteiger partial charge in [-0.05, 0) is 32.1 Å². The maximum absolute atomic E-state index is 10.5. The zero-order valence-electron chi connectivity index (χ0n) is 15.7. The zero-order valence-corrected chi connectivity index (χ0v) is 15.7. The van der Waals surface area contributed by atoms with Crippen molar-refractivity contribution in [1.29, 1.82) is 0 Å². The number of rotatable bonds is 13. The molecule has 0 aromatic rings. The Labute approximate surface area is 156 Å². The topological polar surface area (TPSA) is 107 Å². The fourth-order valence-electron chi connectivity index (χ4n) is 2.96. The number of hydrogen-bond donors (Lipinski definition) is 4. The molecule has 1 heterocycles. The van der Waals surface area contributed by atoms with Gasteiger partial charge in [-0.25, -0.2) is 0 Å². The van der Waals surface area contributed by atoms with Gasteiger partial charge in [0, 0.05) is 12.8 Å². The number of unbranched alkanes of at least 4 members (excludes halogenated alkanes) is 3. The van der Waals surface area contributed by atoms with Crippen LogP contribution in [0.2, 0.25) is 0 Å². The molecule has 0 saturated carbocycles. The fourth-order valence-corrected chi connectivity index (χ4v) is 2.96. The van der Waals surface area contributed by atoms with E-state index in [1.807, 2.05) is 6.08 Å². The molecule has 1 rings (SSSR count). The lowest BCUT2D eigenvalue weighted by molar-refractivity contribution is -0.137. The van der Waals surface area contributed by atoms with Crippen molar-refractivity contribution >= 4 is 5.97 Å². The SMILES string of the molecule is CCCCC/C=C\C[C@@H](O)[C@@H]1C[C@@H](O)[C@H](/C=C/[C@@H](O)CCCC(=O)O)O1. The summed E-state index contributed by atoms with van der Waals surface area (Å²) in [4.78, 5) is 10.5. The summed E-state index contributed by atoms with van der Waals surface area (Å²) >= 11 is 0. The first-order valence-corrected chi connectivity index (χ1v) is 9.68. The number of carboxylic acid groups (broad SMARTS) is 1. The number of hydrogen-bond acceptors (Lipinski definition) is 5. The van der Waals surface area contributed by atoms with Crippen LogP contribution in [0, 0.1) is 0 Å². The summed E-state index contributed by atoms with van der Waals surface area (Å²) in [6.45, 7) is 2.16. The van der Waals surface area contributed by atoms with Gasteiger partial charge in [0.25, 0.3) is 0 Å². The van der Waals surface area contributed by atoms with Crippen LogP contribution in [0.5, 0.6) is 0 Å². The van der Waals surface area contributed by atoms with Gasteiger partial charge in [0.1, 0.15) is 6.10 Å². The Kier molecular flexibility index (Phi) is 11.4. The first kappa shape index (κ1) is 22.8. The van der Waals surface area contributed by atoms with E-state index < -0.39 is 36.5 Å². The lowest BCUT2D eigenvalue weighted by Gasteiger charge is -2.16. The second-order valence-corrected chi connectivity index (χ2v) is 6.95. The molecule has 1 aliphatic rings. The van der Waals surface area contributed by atoms with Crippen LogP contribution in [0.15, 0.2) is 24.3 Å². The van der Waals surface area contributed by atoms with Crippen molar-refractivity contribution in [3.05, 3.63) is 24.3 Å². The van der Waals surface area contributed by atoms with Gasteiger partial charge in [0.15, 0.2) is 0 Å². The van der Waals surface area contributed by atoms with Gasteiger partial charge in [-0.1, -0.05) is 44.1 Å². The second kappa shape index (κ2) is 13.0. The van der Waals surface area contributed by atoms with E-state index in [1.165, 1.54) is 18.9 Å². The van der Waals surface area contributed by atoms with E-state index in [1.54, 1.807) is 6.08 Å². The Balaban J connectivity index is 2.32. The maximum atomic E-state index is 10.5. The Bertz CT molecular complexity index is 448. The number of carbonyl (C=O) groups is 1. The molecule has 0 bridgehead atoms. The summed E-state index contributed by atoms with van der Waals surface area (Å²) in [5.41, 5.74) is 0. The van der Waals surface area contributed by atoms with Crippen molar-refractivity contribution in [2.45, 2.75) is 95.2 Å². The van der Waals surface area contributed by atoms with E-state index >= 15 is 0 Å². The summed E-state index contributed by atoms with van der Waals surface area (Å²) in [7, 11) is 0. The van der Waals surface area contributed by atoms with Crippen LogP contribution in [0.3, 0.4) is 0 Å². The lowest BCUT2D eigenvalue weighted by atomic mass is 10.0. The molecule has 0 spiro atoms. The molecule has 4 N–H and O–H groups in total. The van der Waals surface area contributed by atoms with Crippen molar-refractivity contribution in [2.75, 3.05) is 0 Å². The molecule has 6 nitrogen and oxygen atoms in total. The third-order valence-corrected chi connectivity index (χ3v) is 4.55. The summed E-state index contributed by atoms with van der Waals surface area (Å²) in [5, 5.41) is 38.7. The average molecular weight is 370 g/mol. The minimum atomic E-state index is -0.882. The Morgan fingerprint density at radius 2 is 2.00 bits per heavy atom. The molecule has 26 heavy (non-hydrogen) atoms. The molecule has 0 aromatic carbocycles. The van der Waals surface area contributed by atoms with Gasteiger partial charge >= 0.3 is 5.97 Å². The average Bonchev–Trinajstić information content (AvgIpc) is 2.96. The van der Waals surface area contributed by atoms with Crippen molar-refractivity contribution < 1.29 is 30.0 Å². The molecule has 150 valence electrons. The number of carboxylic acids is 1. The first-order chi connectivity index (χ1) is 12.4. The molecule has 0 aromatic heterocycles. The van der Waals surface area contributed by atoms with E-state index in [9.17, 15) is 20.1 Å². The predicted molar refractivity (Wildman–Crippen MR) is 99.8 cm³/mol. The van der Waals surface area contributed by atoms with E-state index in [-0.39, 0.29) is 6.42 Å². The lowest BCUT2D eigenvalue weighted by Crippen LogP contribution is -2.25. The van der Waals surface area contributed by atoms with E-state index in [4.69, 9.17) is 9.84 Å². The molecule has 5 atom stereocenters. The van der Waals surface area contributed by atoms with E-state index in [2.05, 4.69) is 13.0 Å².